The summed E-state index contributed by atoms with van der Waals surface area (Å²) in [5, 5.41) is 12.6. The molecule has 0 saturated heterocycles. The van der Waals surface area contributed by atoms with E-state index in [0.29, 0.717) is 31.6 Å². The average Bonchev–Trinajstić information content (AvgIpc) is 2.97. The second-order valence-electron chi connectivity index (χ2n) is 6.61. The van der Waals surface area contributed by atoms with Crippen LogP contribution in [-0.4, -0.2) is 36.9 Å². The van der Waals surface area contributed by atoms with E-state index in [9.17, 15) is 9.90 Å². The van der Waals surface area contributed by atoms with Gasteiger partial charge in [0.05, 0.1) is 12.7 Å². The number of ether oxygens (including phenoxy) is 1. The van der Waals surface area contributed by atoms with Crippen molar-refractivity contribution in [2.45, 2.75) is 45.6 Å². The van der Waals surface area contributed by atoms with E-state index in [2.05, 4.69) is 19.2 Å². The molecular weight excluding hydrogens is 242 g/mol. The Hall–Kier alpha value is -0.610. The fourth-order valence-electron chi connectivity index (χ4n) is 3.41. The number of aliphatic hydroxyl groups excluding tert-OH is 1. The summed E-state index contributed by atoms with van der Waals surface area (Å²) in [5.74, 6) is 2.17. The van der Waals surface area contributed by atoms with E-state index in [1.54, 1.807) is 0 Å². The first-order valence-electron chi connectivity index (χ1n) is 7.59. The van der Waals surface area contributed by atoms with Gasteiger partial charge >= 0.3 is 0 Å². The molecule has 2 saturated carbocycles. The van der Waals surface area contributed by atoms with Crippen LogP contribution >= 0.6 is 0 Å². The predicted octanol–water partition coefficient (Wildman–Crippen LogP) is 1.57. The molecule has 0 aromatic rings. The summed E-state index contributed by atoms with van der Waals surface area (Å²) in [6, 6.07) is 0. The second kappa shape index (κ2) is 6.71. The number of carbonyl (C=O) groups excluding carboxylic acids is 1. The molecular formula is C15H27NO3. The molecule has 2 aliphatic carbocycles. The summed E-state index contributed by atoms with van der Waals surface area (Å²) in [6.45, 7) is 5.41. The molecule has 4 heteroatoms. The van der Waals surface area contributed by atoms with Crippen molar-refractivity contribution < 1.29 is 14.6 Å². The zero-order valence-electron chi connectivity index (χ0n) is 12.1. The SMILES string of the molecule is CC(C)COCC(O)CNC(=O)C1CC2CCC1C2. The average molecular weight is 269 g/mol. The maximum absolute atomic E-state index is 12.1. The number of carbonyl (C=O) groups is 1. The van der Waals surface area contributed by atoms with E-state index in [1.807, 2.05) is 0 Å². The molecule has 4 atom stereocenters. The Bertz CT molecular complexity index is 306. The molecule has 1 amide bonds. The fourth-order valence-corrected chi connectivity index (χ4v) is 3.41. The van der Waals surface area contributed by atoms with E-state index < -0.39 is 6.10 Å². The molecule has 0 radical (unpaired) electrons. The van der Waals surface area contributed by atoms with Crippen LogP contribution in [0.4, 0.5) is 0 Å². The van der Waals surface area contributed by atoms with Gasteiger partial charge in [0.15, 0.2) is 0 Å². The Balaban J connectivity index is 1.61. The van der Waals surface area contributed by atoms with Gasteiger partial charge < -0.3 is 15.2 Å². The highest BCUT2D eigenvalue weighted by atomic mass is 16.5. The fraction of sp³-hybridized carbons (Fsp3) is 0.933. The lowest BCUT2D eigenvalue weighted by Gasteiger charge is -2.21. The molecule has 2 fully saturated rings. The van der Waals surface area contributed by atoms with Gasteiger partial charge in [-0.25, -0.2) is 0 Å². The molecule has 19 heavy (non-hydrogen) atoms. The van der Waals surface area contributed by atoms with E-state index in [1.165, 1.54) is 19.3 Å². The van der Waals surface area contributed by atoms with Gasteiger partial charge in [-0.05, 0) is 37.0 Å². The standard InChI is InChI=1S/C15H27NO3/c1-10(2)8-19-9-13(17)7-16-15(18)14-6-11-3-4-12(14)5-11/h10-14,17H,3-9H2,1-2H3,(H,16,18). The van der Waals surface area contributed by atoms with Gasteiger partial charge in [-0.3, -0.25) is 4.79 Å². The van der Waals surface area contributed by atoms with Crippen molar-refractivity contribution >= 4 is 5.91 Å². The first-order chi connectivity index (χ1) is 9.06. The Morgan fingerprint density at radius 1 is 1.32 bits per heavy atom. The predicted molar refractivity (Wildman–Crippen MR) is 73.6 cm³/mol. The summed E-state index contributed by atoms with van der Waals surface area (Å²) >= 11 is 0. The van der Waals surface area contributed by atoms with E-state index in [-0.39, 0.29) is 11.8 Å². The number of hydrogen-bond acceptors (Lipinski definition) is 3. The molecule has 4 nitrogen and oxygen atoms in total. The van der Waals surface area contributed by atoms with Crippen molar-refractivity contribution in [1.29, 1.82) is 0 Å². The van der Waals surface area contributed by atoms with Crippen LogP contribution in [0.3, 0.4) is 0 Å². The van der Waals surface area contributed by atoms with Crippen molar-refractivity contribution in [3.63, 3.8) is 0 Å². The number of amides is 1. The quantitative estimate of drug-likeness (QED) is 0.737. The van der Waals surface area contributed by atoms with Crippen LogP contribution in [0.25, 0.3) is 0 Å². The Kier molecular flexibility index (Phi) is 5.22. The zero-order valence-corrected chi connectivity index (χ0v) is 12.1. The van der Waals surface area contributed by atoms with Crippen molar-refractivity contribution in [2.75, 3.05) is 19.8 Å². The van der Waals surface area contributed by atoms with Crippen LogP contribution in [0.15, 0.2) is 0 Å². The third-order valence-electron chi connectivity index (χ3n) is 4.35. The van der Waals surface area contributed by atoms with E-state index in [4.69, 9.17) is 4.74 Å². The third kappa shape index (κ3) is 4.18. The summed E-state index contributed by atoms with van der Waals surface area (Å²) in [7, 11) is 0. The molecule has 2 aliphatic rings. The van der Waals surface area contributed by atoms with Crippen LogP contribution < -0.4 is 5.32 Å². The smallest absolute Gasteiger partial charge is 0.223 e. The number of nitrogens with one attached hydrogen (secondary N) is 1. The molecule has 0 heterocycles. The van der Waals surface area contributed by atoms with Crippen molar-refractivity contribution in [1.82, 2.24) is 5.32 Å². The minimum absolute atomic E-state index is 0.134. The molecule has 0 aromatic heterocycles. The van der Waals surface area contributed by atoms with Gasteiger partial charge in [0.1, 0.15) is 0 Å². The second-order valence-corrected chi connectivity index (χ2v) is 6.61. The Morgan fingerprint density at radius 2 is 2.11 bits per heavy atom. The largest absolute Gasteiger partial charge is 0.389 e. The highest BCUT2D eigenvalue weighted by Crippen LogP contribution is 2.48. The molecule has 110 valence electrons. The summed E-state index contributed by atoms with van der Waals surface area (Å²) < 4.78 is 5.36. The minimum Gasteiger partial charge on any atom is -0.389 e. The Morgan fingerprint density at radius 3 is 2.68 bits per heavy atom. The molecule has 0 spiro atoms. The van der Waals surface area contributed by atoms with Gasteiger partial charge in [-0.15, -0.1) is 0 Å². The minimum atomic E-state index is -0.596. The van der Waals surface area contributed by atoms with Crippen LogP contribution in [0, 0.1) is 23.7 Å². The van der Waals surface area contributed by atoms with Gasteiger partial charge in [0, 0.05) is 19.1 Å². The summed E-state index contributed by atoms with van der Waals surface area (Å²) in [5.41, 5.74) is 0. The van der Waals surface area contributed by atoms with Crippen LogP contribution in [0.1, 0.15) is 39.5 Å². The van der Waals surface area contributed by atoms with Crippen molar-refractivity contribution in [3.05, 3.63) is 0 Å². The van der Waals surface area contributed by atoms with Gasteiger partial charge in [-0.2, -0.15) is 0 Å². The number of rotatable bonds is 7. The first kappa shape index (κ1) is 14.8. The van der Waals surface area contributed by atoms with Gasteiger partial charge in [0.25, 0.3) is 0 Å². The lowest BCUT2D eigenvalue weighted by atomic mass is 9.88. The summed E-state index contributed by atoms with van der Waals surface area (Å²) in [6.07, 6.45) is 4.21. The lowest BCUT2D eigenvalue weighted by molar-refractivity contribution is -0.127. The number of aliphatic hydroxyl groups is 1. The topological polar surface area (TPSA) is 58.6 Å². The highest BCUT2D eigenvalue weighted by molar-refractivity contribution is 5.79. The maximum Gasteiger partial charge on any atom is 0.223 e. The molecule has 0 aliphatic heterocycles. The van der Waals surface area contributed by atoms with Gasteiger partial charge in [-0.1, -0.05) is 20.3 Å². The molecule has 2 rings (SSSR count). The Labute approximate surface area is 115 Å². The van der Waals surface area contributed by atoms with Crippen molar-refractivity contribution in [2.24, 2.45) is 23.7 Å². The van der Waals surface area contributed by atoms with E-state index in [0.717, 1.165) is 12.3 Å². The summed E-state index contributed by atoms with van der Waals surface area (Å²) in [4.78, 5) is 12.1. The lowest BCUT2D eigenvalue weighted by Crippen LogP contribution is -2.39. The molecule has 4 unspecified atom stereocenters. The van der Waals surface area contributed by atoms with Gasteiger partial charge in [0.2, 0.25) is 5.91 Å². The zero-order chi connectivity index (χ0) is 13.8. The monoisotopic (exact) mass is 269 g/mol. The number of fused-ring (bicyclic) bond motifs is 2. The first-order valence-corrected chi connectivity index (χ1v) is 7.59. The normalized spacial score (nSPS) is 30.8. The van der Waals surface area contributed by atoms with Crippen LogP contribution in [0.2, 0.25) is 0 Å². The maximum atomic E-state index is 12.1. The van der Waals surface area contributed by atoms with E-state index >= 15 is 0 Å². The van der Waals surface area contributed by atoms with Crippen LogP contribution in [0.5, 0.6) is 0 Å². The molecule has 0 aromatic carbocycles. The van der Waals surface area contributed by atoms with Crippen molar-refractivity contribution in [3.8, 4) is 0 Å². The third-order valence-corrected chi connectivity index (χ3v) is 4.35. The molecule has 2 bridgehead atoms. The van der Waals surface area contributed by atoms with Crippen LogP contribution in [-0.2, 0) is 9.53 Å². The molecule has 2 N–H and O–H groups in total. The highest BCUT2D eigenvalue weighted by Gasteiger charge is 2.42. The number of hydrogen-bond donors (Lipinski definition) is 2.